The van der Waals surface area contributed by atoms with Crippen LogP contribution in [-0.2, 0) is 4.79 Å². The molecule has 21 heavy (non-hydrogen) atoms. The van der Waals surface area contributed by atoms with Gasteiger partial charge in [0.2, 0.25) is 5.91 Å². The smallest absolute Gasteiger partial charge is 0.241 e. The molecule has 0 spiro atoms. The highest BCUT2D eigenvalue weighted by Gasteiger charge is 2.20. The van der Waals surface area contributed by atoms with Crippen LogP contribution in [0.3, 0.4) is 0 Å². The van der Waals surface area contributed by atoms with Gasteiger partial charge >= 0.3 is 0 Å². The fraction of sp³-hybridized carbons (Fsp3) is 0.588. The van der Waals surface area contributed by atoms with Gasteiger partial charge in [-0.05, 0) is 32.4 Å². The van der Waals surface area contributed by atoms with E-state index < -0.39 is 6.04 Å². The monoisotopic (exact) mass is 289 g/mol. The molecule has 1 fully saturated rings. The Labute approximate surface area is 127 Å². The van der Waals surface area contributed by atoms with Crippen LogP contribution in [0.4, 0.5) is 0 Å². The molecule has 1 aromatic rings. The first-order valence-electron chi connectivity index (χ1n) is 7.88. The molecule has 1 unspecified atom stereocenters. The zero-order chi connectivity index (χ0) is 15.2. The number of amides is 1. The van der Waals surface area contributed by atoms with E-state index in [2.05, 4.69) is 17.3 Å². The van der Waals surface area contributed by atoms with Crippen molar-refractivity contribution in [1.82, 2.24) is 10.2 Å². The molecule has 3 N–H and O–H groups in total. The van der Waals surface area contributed by atoms with Crippen LogP contribution in [0.15, 0.2) is 24.3 Å². The second-order valence-corrected chi connectivity index (χ2v) is 6.10. The number of rotatable bonds is 6. The second kappa shape index (κ2) is 7.57. The summed E-state index contributed by atoms with van der Waals surface area (Å²) in [6.45, 7) is 3.57. The summed E-state index contributed by atoms with van der Waals surface area (Å²) >= 11 is 0. The van der Waals surface area contributed by atoms with Crippen LogP contribution in [0.1, 0.15) is 42.9 Å². The van der Waals surface area contributed by atoms with E-state index in [1.807, 2.05) is 31.2 Å². The zero-order valence-electron chi connectivity index (χ0n) is 13.1. The van der Waals surface area contributed by atoms with Crippen molar-refractivity contribution in [3.63, 3.8) is 0 Å². The number of nitrogens with one attached hydrogen (secondary N) is 1. The molecule has 1 aliphatic rings. The predicted octanol–water partition coefficient (Wildman–Crippen LogP) is 1.99. The van der Waals surface area contributed by atoms with Crippen molar-refractivity contribution < 1.29 is 4.79 Å². The number of benzene rings is 1. The Balaban J connectivity index is 1.74. The van der Waals surface area contributed by atoms with E-state index in [-0.39, 0.29) is 5.91 Å². The summed E-state index contributed by atoms with van der Waals surface area (Å²) in [5, 5.41) is 2.94. The number of nitrogens with two attached hydrogens (primary N) is 1. The second-order valence-electron chi connectivity index (χ2n) is 6.10. The number of nitrogens with zero attached hydrogens (tertiary/aromatic N) is 1. The van der Waals surface area contributed by atoms with Gasteiger partial charge in [-0.1, -0.05) is 42.7 Å². The van der Waals surface area contributed by atoms with E-state index in [1.165, 1.54) is 31.2 Å². The first-order valence-corrected chi connectivity index (χ1v) is 7.88. The highest BCUT2D eigenvalue weighted by molar-refractivity contribution is 5.82. The molecule has 2 rings (SSSR count). The van der Waals surface area contributed by atoms with Gasteiger partial charge in [-0.3, -0.25) is 4.79 Å². The average Bonchev–Trinajstić information content (AvgIpc) is 3.01. The van der Waals surface area contributed by atoms with Crippen molar-refractivity contribution in [2.75, 3.05) is 20.1 Å². The number of carbonyl (C=O) groups excluding carboxylic acids is 1. The topological polar surface area (TPSA) is 58.4 Å². The van der Waals surface area contributed by atoms with E-state index in [1.54, 1.807) is 0 Å². The molecule has 0 heterocycles. The summed E-state index contributed by atoms with van der Waals surface area (Å²) in [5.41, 5.74) is 8.04. The van der Waals surface area contributed by atoms with Crippen molar-refractivity contribution in [3.05, 3.63) is 35.4 Å². The standard InChI is InChI=1S/C17H27N3O/c1-13-7-9-14(10-8-13)16(18)17(21)19-11-12-20(2)15-5-3-4-6-15/h7-10,15-16H,3-6,11-12,18H2,1-2H3,(H,19,21). The van der Waals surface area contributed by atoms with E-state index in [0.29, 0.717) is 12.6 Å². The predicted molar refractivity (Wildman–Crippen MR) is 86.0 cm³/mol. The van der Waals surface area contributed by atoms with Crippen molar-refractivity contribution in [2.45, 2.75) is 44.7 Å². The minimum atomic E-state index is -0.581. The summed E-state index contributed by atoms with van der Waals surface area (Å²) < 4.78 is 0. The molecule has 116 valence electrons. The fourth-order valence-corrected chi connectivity index (χ4v) is 2.92. The molecule has 1 saturated carbocycles. The van der Waals surface area contributed by atoms with Gasteiger partial charge in [-0.2, -0.15) is 0 Å². The maximum Gasteiger partial charge on any atom is 0.241 e. The summed E-state index contributed by atoms with van der Waals surface area (Å²) in [5.74, 6) is -0.0984. The van der Waals surface area contributed by atoms with Crippen LogP contribution in [0.5, 0.6) is 0 Å². The Hall–Kier alpha value is -1.39. The Morgan fingerprint density at radius 2 is 1.95 bits per heavy atom. The molecule has 0 aliphatic heterocycles. The first kappa shape index (κ1) is 16.0. The third kappa shape index (κ3) is 4.55. The van der Waals surface area contributed by atoms with E-state index in [4.69, 9.17) is 5.73 Å². The highest BCUT2D eigenvalue weighted by atomic mass is 16.2. The van der Waals surface area contributed by atoms with Gasteiger partial charge in [0.1, 0.15) is 6.04 Å². The molecule has 4 heteroatoms. The van der Waals surface area contributed by atoms with Crippen molar-refractivity contribution in [2.24, 2.45) is 5.73 Å². The number of carbonyl (C=O) groups is 1. The Kier molecular flexibility index (Phi) is 5.76. The van der Waals surface area contributed by atoms with Crippen LogP contribution >= 0.6 is 0 Å². The van der Waals surface area contributed by atoms with Gasteiger partial charge in [0.25, 0.3) is 0 Å². The van der Waals surface area contributed by atoms with Gasteiger partial charge in [0, 0.05) is 19.1 Å². The van der Waals surface area contributed by atoms with Gasteiger partial charge in [-0.25, -0.2) is 0 Å². The van der Waals surface area contributed by atoms with Crippen LogP contribution < -0.4 is 11.1 Å². The lowest BCUT2D eigenvalue weighted by Crippen LogP contribution is -2.40. The third-order valence-electron chi connectivity index (χ3n) is 4.43. The summed E-state index contributed by atoms with van der Waals surface area (Å²) in [4.78, 5) is 14.4. The molecule has 0 saturated heterocycles. The number of likely N-dealkylation sites (N-methyl/N-ethyl adjacent to an activating group) is 1. The SMILES string of the molecule is Cc1ccc(C(N)C(=O)NCCN(C)C2CCCC2)cc1. The van der Waals surface area contributed by atoms with Crippen LogP contribution in [0.25, 0.3) is 0 Å². The van der Waals surface area contributed by atoms with Crippen molar-refractivity contribution >= 4 is 5.91 Å². The van der Waals surface area contributed by atoms with Gasteiger partial charge in [-0.15, -0.1) is 0 Å². The van der Waals surface area contributed by atoms with Gasteiger partial charge in [0.05, 0.1) is 0 Å². The Morgan fingerprint density at radius 3 is 2.57 bits per heavy atom. The number of hydrogen-bond donors (Lipinski definition) is 2. The van der Waals surface area contributed by atoms with Crippen LogP contribution in [0, 0.1) is 6.92 Å². The Bertz CT molecular complexity index is 452. The zero-order valence-corrected chi connectivity index (χ0v) is 13.1. The van der Waals surface area contributed by atoms with Crippen LogP contribution in [0.2, 0.25) is 0 Å². The normalized spacial score (nSPS) is 17.1. The molecule has 1 amide bonds. The first-order chi connectivity index (χ1) is 10.1. The third-order valence-corrected chi connectivity index (χ3v) is 4.43. The molecule has 1 aliphatic carbocycles. The lowest BCUT2D eigenvalue weighted by molar-refractivity contribution is -0.122. The van der Waals surface area contributed by atoms with Crippen molar-refractivity contribution in [1.29, 1.82) is 0 Å². The Morgan fingerprint density at radius 1 is 1.33 bits per heavy atom. The molecule has 0 radical (unpaired) electrons. The molecule has 1 aromatic carbocycles. The quantitative estimate of drug-likeness (QED) is 0.842. The van der Waals surface area contributed by atoms with Gasteiger partial charge < -0.3 is 16.0 Å². The van der Waals surface area contributed by atoms with E-state index in [0.717, 1.165) is 12.1 Å². The summed E-state index contributed by atoms with van der Waals surface area (Å²) in [6, 6.07) is 7.91. The number of hydrogen-bond acceptors (Lipinski definition) is 3. The summed E-state index contributed by atoms with van der Waals surface area (Å²) in [7, 11) is 2.14. The fourth-order valence-electron chi connectivity index (χ4n) is 2.92. The largest absolute Gasteiger partial charge is 0.353 e. The van der Waals surface area contributed by atoms with Crippen molar-refractivity contribution in [3.8, 4) is 0 Å². The lowest BCUT2D eigenvalue weighted by atomic mass is 10.1. The molecular formula is C17H27N3O. The maximum atomic E-state index is 12.1. The average molecular weight is 289 g/mol. The molecule has 0 bridgehead atoms. The van der Waals surface area contributed by atoms with Crippen LogP contribution in [-0.4, -0.2) is 37.0 Å². The highest BCUT2D eigenvalue weighted by Crippen LogP contribution is 2.21. The molecule has 1 atom stereocenters. The number of aryl methyl sites for hydroxylation is 1. The molecule has 4 nitrogen and oxygen atoms in total. The minimum Gasteiger partial charge on any atom is -0.353 e. The molecular weight excluding hydrogens is 262 g/mol. The van der Waals surface area contributed by atoms with E-state index >= 15 is 0 Å². The van der Waals surface area contributed by atoms with E-state index in [9.17, 15) is 4.79 Å². The summed E-state index contributed by atoms with van der Waals surface area (Å²) in [6.07, 6.45) is 5.24. The van der Waals surface area contributed by atoms with Gasteiger partial charge in [0.15, 0.2) is 0 Å². The maximum absolute atomic E-state index is 12.1. The lowest BCUT2D eigenvalue weighted by Gasteiger charge is -2.24. The molecule has 0 aromatic heterocycles. The minimum absolute atomic E-state index is 0.0984.